The third-order valence-electron chi connectivity index (χ3n) is 2.89. The predicted molar refractivity (Wildman–Crippen MR) is 53.3 cm³/mol. The van der Waals surface area contributed by atoms with Crippen LogP contribution in [0.15, 0.2) is 18.2 Å². The van der Waals surface area contributed by atoms with Crippen molar-refractivity contribution in [3.8, 4) is 0 Å². The highest BCUT2D eigenvalue weighted by Gasteiger charge is 2.37. The van der Waals surface area contributed by atoms with Crippen LogP contribution < -0.4 is 5.73 Å². The number of aryl methyl sites for hydroxylation is 1. The molecule has 1 aliphatic carbocycles. The Morgan fingerprint density at radius 2 is 2.08 bits per heavy atom. The van der Waals surface area contributed by atoms with Crippen molar-refractivity contribution >= 4 is 5.69 Å². The van der Waals surface area contributed by atoms with E-state index in [-0.39, 0.29) is 0 Å². The van der Waals surface area contributed by atoms with E-state index in [1.165, 1.54) is 0 Å². The summed E-state index contributed by atoms with van der Waals surface area (Å²) in [6, 6.07) is 5.87. The molecule has 2 nitrogen and oxygen atoms in total. The Labute approximate surface area is 78.4 Å². The molecule has 0 aliphatic heterocycles. The van der Waals surface area contributed by atoms with Gasteiger partial charge in [-0.25, -0.2) is 0 Å². The lowest BCUT2D eigenvalue weighted by Crippen LogP contribution is -2.34. The van der Waals surface area contributed by atoms with Crippen LogP contribution in [0, 0.1) is 6.92 Å². The minimum atomic E-state index is -0.627. The summed E-state index contributed by atoms with van der Waals surface area (Å²) < 4.78 is 0. The molecule has 0 saturated heterocycles. The van der Waals surface area contributed by atoms with Gasteiger partial charge in [-0.1, -0.05) is 12.1 Å². The average Bonchev–Trinajstić information content (AvgIpc) is 2.00. The van der Waals surface area contributed by atoms with E-state index in [1.54, 1.807) is 0 Å². The molecule has 1 fully saturated rings. The summed E-state index contributed by atoms with van der Waals surface area (Å²) in [5, 5.41) is 10.1. The third kappa shape index (κ3) is 1.31. The van der Waals surface area contributed by atoms with Crippen LogP contribution in [0.3, 0.4) is 0 Å². The molecule has 1 aromatic carbocycles. The second kappa shape index (κ2) is 2.74. The minimum absolute atomic E-state index is 0.627. The fourth-order valence-corrected chi connectivity index (χ4v) is 1.89. The SMILES string of the molecule is Cc1ccc(C2(O)CCC2)c(N)c1. The highest BCUT2D eigenvalue weighted by Crippen LogP contribution is 2.43. The van der Waals surface area contributed by atoms with E-state index in [9.17, 15) is 5.11 Å². The van der Waals surface area contributed by atoms with Crippen LogP contribution in [0.4, 0.5) is 5.69 Å². The Hall–Kier alpha value is -1.02. The normalized spacial score (nSPS) is 19.5. The van der Waals surface area contributed by atoms with E-state index in [2.05, 4.69) is 0 Å². The molecule has 2 heteroatoms. The van der Waals surface area contributed by atoms with Gasteiger partial charge in [-0.3, -0.25) is 0 Å². The molecular weight excluding hydrogens is 162 g/mol. The number of aliphatic hydroxyl groups is 1. The number of rotatable bonds is 1. The summed E-state index contributed by atoms with van der Waals surface area (Å²) in [6.45, 7) is 2.00. The number of hydrogen-bond acceptors (Lipinski definition) is 2. The quantitative estimate of drug-likeness (QED) is 0.644. The standard InChI is InChI=1S/C11H15NO/c1-8-3-4-9(10(12)7-8)11(13)5-2-6-11/h3-4,7,13H,2,5-6,12H2,1H3. The van der Waals surface area contributed by atoms with Crippen molar-refractivity contribution in [3.05, 3.63) is 29.3 Å². The van der Waals surface area contributed by atoms with Crippen LogP contribution in [-0.2, 0) is 5.60 Å². The predicted octanol–water partition coefficient (Wildman–Crippen LogP) is 1.95. The molecule has 0 atom stereocenters. The van der Waals surface area contributed by atoms with E-state index in [1.807, 2.05) is 25.1 Å². The van der Waals surface area contributed by atoms with Gasteiger partial charge in [-0.15, -0.1) is 0 Å². The summed E-state index contributed by atoms with van der Waals surface area (Å²) in [5.41, 5.74) is 8.00. The number of nitrogen functional groups attached to an aromatic ring is 1. The van der Waals surface area contributed by atoms with E-state index >= 15 is 0 Å². The van der Waals surface area contributed by atoms with Gasteiger partial charge in [0.25, 0.3) is 0 Å². The molecule has 1 saturated carbocycles. The van der Waals surface area contributed by atoms with Gasteiger partial charge in [-0.2, -0.15) is 0 Å². The zero-order chi connectivity index (χ0) is 9.47. The molecule has 0 aromatic heterocycles. The molecule has 0 unspecified atom stereocenters. The van der Waals surface area contributed by atoms with Crippen LogP contribution in [0.1, 0.15) is 30.4 Å². The Morgan fingerprint density at radius 1 is 1.38 bits per heavy atom. The van der Waals surface area contributed by atoms with Crippen molar-refractivity contribution in [2.75, 3.05) is 5.73 Å². The van der Waals surface area contributed by atoms with Gasteiger partial charge in [0.05, 0.1) is 5.60 Å². The molecule has 0 radical (unpaired) electrons. The van der Waals surface area contributed by atoms with Crippen molar-refractivity contribution in [1.29, 1.82) is 0 Å². The molecule has 70 valence electrons. The minimum Gasteiger partial charge on any atom is -0.398 e. The first kappa shape index (κ1) is 8.57. The molecule has 2 rings (SSSR count). The van der Waals surface area contributed by atoms with Crippen LogP contribution >= 0.6 is 0 Å². The highest BCUT2D eigenvalue weighted by atomic mass is 16.3. The largest absolute Gasteiger partial charge is 0.398 e. The number of benzene rings is 1. The van der Waals surface area contributed by atoms with Crippen LogP contribution in [0.5, 0.6) is 0 Å². The van der Waals surface area contributed by atoms with Crippen molar-refractivity contribution in [3.63, 3.8) is 0 Å². The fourth-order valence-electron chi connectivity index (χ4n) is 1.89. The van der Waals surface area contributed by atoms with Gasteiger partial charge < -0.3 is 10.8 Å². The summed E-state index contributed by atoms with van der Waals surface area (Å²) in [5.74, 6) is 0. The molecule has 3 N–H and O–H groups in total. The lowest BCUT2D eigenvalue weighted by atomic mass is 9.74. The third-order valence-corrected chi connectivity index (χ3v) is 2.89. The number of anilines is 1. The monoisotopic (exact) mass is 177 g/mol. The molecule has 0 bridgehead atoms. The van der Waals surface area contributed by atoms with Gasteiger partial charge in [0, 0.05) is 11.3 Å². The maximum Gasteiger partial charge on any atom is 0.0916 e. The number of nitrogens with two attached hydrogens (primary N) is 1. The first-order valence-electron chi connectivity index (χ1n) is 4.71. The van der Waals surface area contributed by atoms with E-state index in [4.69, 9.17) is 5.73 Å². The molecule has 0 amide bonds. The molecular formula is C11H15NO. The summed E-state index contributed by atoms with van der Waals surface area (Å²) in [7, 11) is 0. The van der Waals surface area contributed by atoms with E-state index < -0.39 is 5.60 Å². The van der Waals surface area contributed by atoms with Crippen LogP contribution in [0.2, 0.25) is 0 Å². The lowest BCUT2D eigenvalue weighted by Gasteiger charge is -2.37. The second-order valence-corrected chi connectivity index (χ2v) is 3.98. The van der Waals surface area contributed by atoms with Crippen LogP contribution in [0.25, 0.3) is 0 Å². The second-order valence-electron chi connectivity index (χ2n) is 3.98. The Kier molecular flexibility index (Phi) is 1.81. The van der Waals surface area contributed by atoms with E-state index in [0.717, 1.165) is 36.1 Å². The van der Waals surface area contributed by atoms with Gasteiger partial charge in [0.15, 0.2) is 0 Å². The van der Waals surface area contributed by atoms with Gasteiger partial charge in [0.2, 0.25) is 0 Å². The maximum absolute atomic E-state index is 10.1. The van der Waals surface area contributed by atoms with Gasteiger partial charge in [0.1, 0.15) is 0 Å². The summed E-state index contributed by atoms with van der Waals surface area (Å²) in [4.78, 5) is 0. The Morgan fingerprint density at radius 3 is 2.54 bits per heavy atom. The number of hydrogen-bond donors (Lipinski definition) is 2. The zero-order valence-electron chi connectivity index (χ0n) is 7.88. The fraction of sp³-hybridized carbons (Fsp3) is 0.455. The first-order chi connectivity index (χ1) is 6.12. The molecule has 0 spiro atoms. The van der Waals surface area contributed by atoms with Crippen molar-refractivity contribution in [2.24, 2.45) is 0 Å². The molecule has 13 heavy (non-hydrogen) atoms. The Bertz CT molecular complexity index is 329. The average molecular weight is 177 g/mol. The maximum atomic E-state index is 10.1. The van der Waals surface area contributed by atoms with Crippen LogP contribution in [-0.4, -0.2) is 5.11 Å². The smallest absolute Gasteiger partial charge is 0.0916 e. The topological polar surface area (TPSA) is 46.2 Å². The van der Waals surface area contributed by atoms with Crippen molar-refractivity contribution in [2.45, 2.75) is 31.8 Å². The first-order valence-corrected chi connectivity index (χ1v) is 4.71. The Balaban J connectivity index is 2.40. The molecule has 1 aromatic rings. The highest BCUT2D eigenvalue weighted by molar-refractivity contribution is 5.52. The van der Waals surface area contributed by atoms with Gasteiger partial charge >= 0.3 is 0 Å². The lowest BCUT2D eigenvalue weighted by molar-refractivity contribution is -0.0381. The van der Waals surface area contributed by atoms with Crippen molar-refractivity contribution < 1.29 is 5.11 Å². The summed E-state index contributed by atoms with van der Waals surface area (Å²) >= 11 is 0. The van der Waals surface area contributed by atoms with Crippen molar-refractivity contribution in [1.82, 2.24) is 0 Å². The molecule has 0 heterocycles. The summed E-state index contributed by atoms with van der Waals surface area (Å²) in [6.07, 6.45) is 2.80. The van der Waals surface area contributed by atoms with Gasteiger partial charge in [-0.05, 0) is 37.8 Å². The molecule has 1 aliphatic rings. The van der Waals surface area contributed by atoms with E-state index in [0.29, 0.717) is 0 Å². The zero-order valence-corrected chi connectivity index (χ0v) is 7.88.